The van der Waals surface area contributed by atoms with E-state index in [2.05, 4.69) is 17.1 Å². The molecule has 0 radical (unpaired) electrons. The molecule has 1 aromatic rings. The molecule has 5 N–H and O–H groups in total. The van der Waals surface area contributed by atoms with Crippen LogP contribution in [0.1, 0.15) is 31.4 Å². The zero-order valence-electron chi connectivity index (χ0n) is 9.33. The maximum absolute atomic E-state index is 5.87. The number of nitrogens with one attached hydrogen (secondary N) is 1. The Morgan fingerprint density at radius 3 is 2.80 bits per heavy atom. The zero-order chi connectivity index (χ0) is 11.4. The van der Waals surface area contributed by atoms with Crippen LogP contribution in [0.4, 0.5) is 5.82 Å². The van der Waals surface area contributed by atoms with Crippen molar-refractivity contribution in [3.8, 4) is 0 Å². The molecule has 5 nitrogen and oxygen atoms in total. The van der Waals surface area contributed by atoms with Crippen LogP contribution >= 0.6 is 0 Å². The van der Waals surface area contributed by atoms with Gasteiger partial charge in [-0.3, -0.25) is 16.0 Å². The maximum atomic E-state index is 5.87. The Balaban J connectivity index is 2.74. The van der Waals surface area contributed by atoms with Gasteiger partial charge in [-0.15, -0.1) is 6.58 Å². The minimum atomic E-state index is 0.0374. The van der Waals surface area contributed by atoms with Crippen molar-refractivity contribution in [2.24, 2.45) is 12.9 Å². The standard InChI is InChI=1S/C10H19N5/c1-7(2)4-5-9(14-12)8-6-13-15(3)10(8)11/h6,9,14H,1,4-5,11-12H2,2-3H3. The van der Waals surface area contributed by atoms with E-state index >= 15 is 0 Å². The van der Waals surface area contributed by atoms with Gasteiger partial charge in [-0.05, 0) is 19.8 Å². The lowest BCUT2D eigenvalue weighted by Crippen LogP contribution is -2.28. The predicted molar refractivity (Wildman–Crippen MR) is 61.7 cm³/mol. The summed E-state index contributed by atoms with van der Waals surface area (Å²) in [4.78, 5) is 0. The molecule has 84 valence electrons. The summed E-state index contributed by atoms with van der Waals surface area (Å²) in [5.74, 6) is 6.15. The Labute approximate surface area is 90.1 Å². The van der Waals surface area contributed by atoms with E-state index in [1.165, 1.54) is 0 Å². The van der Waals surface area contributed by atoms with Crippen LogP contribution in [0.2, 0.25) is 0 Å². The number of nitrogens with zero attached hydrogens (tertiary/aromatic N) is 2. The van der Waals surface area contributed by atoms with Gasteiger partial charge in [0.25, 0.3) is 0 Å². The SMILES string of the molecule is C=C(C)CCC(NN)c1cnn(C)c1N. The second kappa shape index (κ2) is 4.95. The number of allylic oxidation sites excluding steroid dienone is 1. The first-order chi connectivity index (χ1) is 7.06. The maximum Gasteiger partial charge on any atom is 0.126 e. The van der Waals surface area contributed by atoms with E-state index in [0.717, 1.165) is 24.0 Å². The first-order valence-electron chi connectivity index (χ1n) is 4.94. The lowest BCUT2D eigenvalue weighted by atomic mass is 10.0. The molecular formula is C10H19N5. The lowest BCUT2D eigenvalue weighted by Gasteiger charge is -2.15. The molecule has 1 atom stereocenters. The average Bonchev–Trinajstić information content (AvgIpc) is 2.50. The Kier molecular flexibility index (Phi) is 3.88. The van der Waals surface area contributed by atoms with Crippen molar-refractivity contribution in [1.82, 2.24) is 15.2 Å². The number of rotatable bonds is 5. The summed E-state index contributed by atoms with van der Waals surface area (Å²) in [7, 11) is 1.81. The summed E-state index contributed by atoms with van der Waals surface area (Å²) in [5.41, 5.74) is 10.7. The highest BCUT2D eigenvalue weighted by Crippen LogP contribution is 2.23. The van der Waals surface area contributed by atoms with Gasteiger partial charge in [0, 0.05) is 12.6 Å². The minimum Gasteiger partial charge on any atom is -0.384 e. The molecule has 1 heterocycles. The van der Waals surface area contributed by atoms with E-state index in [9.17, 15) is 0 Å². The third-order valence-electron chi connectivity index (χ3n) is 2.45. The van der Waals surface area contributed by atoms with Crippen LogP contribution < -0.4 is 17.0 Å². The number of nitrogen functional groups attached to an aromatic ring is 1. The van der Waals surface area contributed by atoms with Crippen molar-refractivity contribution >= 4 is 5.82 Å². The molecule has 0 saturated carbocycles. The van der Waals surface area contributed by atoms with E-state index < -0.39 is 0 Å². The smallest absolute Gasteiger partial charge is 0.126 e. The van der Waals surface area contributed by atoms with E-state index in [0.29, 0.717) is 5.82 Å². The fraction of sp³-hybridized carbons (Fsp3) is 0.500. The van der Waals surface area contributed by atoms with Crippen LogP contribution in [-0.4, -0.2) is 9.78 Å². The molecule has 1 unspecified atom stereocenters. The number of hydrogen-bond donors (Lipinski definition) is 3. The van der Waals surface area contributed by atoms with Crippen LogP contribution in [0.3, 0.4) is 0 Å². The van der Waals surface area contributed by atoms with E-state index in [1.807, 2.05) is 14.0 Å². The molecule has 0 bridgehead atoms. The lowest BCUT2D eigenvalue weighted by molar-refractivity contribution is 0.517. The summed E-state index contributed by atoms with van der Waals surface area (Å²) >= 11 is 0. The van der Waals surface area contributed by atoms with Gasteiger partial charge in [-0.1, -0.05) is 5.57 Å². The Hall–Kier alpha value is -1.33. The molecule has 5 heteroatoms. The van der Waals surface area contributed by atoms with Gasteiger partial charge in [0.15, 0.2) is 0 Å². The molecule has 15 heavy (non-hydrogen) atoms. The van der Waals surface area contributed by atoms with E-state index in [4.69, 9.17) is 11.6 Å². The highest BCUT2D eigenvalue weighted by molar-refractivity contribution is 5.40. The first-order valence-corrected chi connectivity index (χ1v) is 4.94. The zero-order valence-corrected chi connectivity index (χ0v) is 9.33. The van der Waals surface area contributed by atoms with Gasteiger partial charge in [0.2, 0.25) is 0 Å². The predicted octanol–water partition coefficient (Wildman–Crippen LogP) is 0.863. The molecule has 1 rings (SSSR count). The molecule has 0 aliphatic carbocycles. The third-order valence-corrected chi connectivity index (χ3v) is 2.45. The topological polar surface area (TPSA) is 81.9 Å². The van der Waals surface area contributed by atoms with Gasteiger partial charge in [-0.2, -0.15) is 5.10 Å². The number of anilines is 1. The van der Waals surface area contributed by atoms with Crippen LogP contribution in [0, 0.1) is 0 Å². The van der Waals surface area contributed by atoms with Crippen molar-refractivity contribution < 1.29 is 0 Å². The van der Waals surface area contributed by atoms with Crippen molar-refractivity contribution in [1.29, 1.82) is 0 Å². The number of nitrogens with two attached hydrogens (primary N) is 2. The number of hydrazine groups is 1. The summed E-state index contributed by atoms with van der Waals surface area (Å²) < 4.78 is 1.64. The minimum absolute atomic E-state index is 0.0374. The molecular weight excluding hydrogens is 190 g/mol. The summed E-state index contributed by atoms with van der Waals surface area (Å²) in [6.45, 7) is 5.86. The second-order valence-electron chi connectivity index (χ2n) is 3.82. The summed E-state index contributed by atoms with van der Waals surface area (Å²) in [6, 6.07) is 0.0374. The quantitative estimate of drug-likeness (QED) is 0.381. The third kappa shape index (κ3) is 2.81. The number of aromatic nitrogens is 2. The highest BCUT2D eigenvalue weighted by atomic mass is 15.3. The largest absolute Gasteiger partial charge is 0.384 e. The van der Waals surface area contributed by atoms with Crippen molar-refractivity contribution in [3.63, 3.8) is 0 Å². The van der Waals surface area contributed by atoms with Gasteiger partial charge in [-0.25, -0.2) is 0 Å². The highest BCUT2D eigenvalue weighted by Gasteiger charge is 2.15. The summed E-state index contributed by atoms with van der Waals surface area (Å²) in [6.07, 6.45) is 3.54. The fourth-order valence-electron chi connectivity index (χ4n) is 1.45. The Bertz CT molecular complexity index is 342. The Morgan fingerprint density at radius 1 is 1.73 bits per heavy atom. The van der Waals surface area contributed by atoms with E-state index in [-0.39, 0.29) is 6.04 Å². The fourth-order valence-corrected chi connectivity index (χ4v) is 1.45. The molecule has 0 amide bonds. The number of aryl methyl sites for hydroxylation is 1. The van der Waals surface area contributed by atoms with Crippen LogP contribution in [0.5, 0.6) is 0 Å². The van der Waals surface area contributed by atoms with Crippen LogP contribution in [-0.2, 0) is 7.05 Å². The van der Waals surface area contributed by atoms with Crippen molar-refractivity contribution in [3.05, 3.63) is 23.9 Å². The molecule has 0 saturated heterocycles. The van der Waals surface area contributed by atoms with E-state index in [1.54, 1.807) is 10.9 Å². The van der Waals surface area contributed by atoms with Gasteiger partial charge in [0.1, 0.15) is 5.82 Å². The van der Waals surface area contributed by atoms with Crippen LogP contribution in [0.15, 0.2) is 18.3 Å². The van der Waals surface area contributed by atoms with Crippen LogP contribution in [0.25, 0.3) is 0 Å². The molecule has 0 aliphatic rings. The number of hydrogen-bond acceptors (Lipinski definition) is 4. The molecule has 0 aromatic carbocycles. The molecule has 1 aromatic heterocycles. The van der Waals surface area contributed by atoms with Gasteiger partial charge in [0.05, 0.1) is 12.2 Å². The van der Waals surface area contributed by atoms with Crippen molar-refractivity contribution in [2.75, 3.05) is 5.73 Å². The Morgan fingerprint density at radius 2 is 2.40 bits per heavy atom. The molecule has 0 fully saturated rings. The van der Waals surface area contributed by atoms with Gasteiger partial charge >= 0.3 is 0 Å². The summed E-state index contributed by atoms with van der Waals surface area (Å²) in [5, 5.41) is 4.09. The molecule has 0 spiro atoms. The van der Waals surface area contributed by atoms with Gasteiger partial charge < -0.3 is 5.73 Å². The average molecular weight is 209 g/mol. The van der Waals surface area contributed by atoms with Crippen molar-refractivity contribution in [2.45, 2.75) is 25.8 Å². The second-order valence-corrected chi connectivity index (χ2v) is 3.82. The molecule has 0 aliphatic heterocycles. The monoisotopic (exact) mass is 209 g/mol. The first kappa shape index (κ1) is 11.7. The normalized spacial score (nSPS) is 12.7.